The average Bonchev–Trinajstić information content (AvgIpc) is 3.24. The Morgan fingerprint density at radius 2 is 1.24 bits per heavy atom. The standard InChI is InChI=1S/C42H38/c1-28-11-5-6-16-36(28)37-22-20-35(23-29(37)2)34-15-10-14-33(27-34)32-13-9-12-30(25-32)24-31-19-21-39-38-17-7-8-18-40(38)42(3,4)41(39)26-31/h6-10,12-23,25-27H,5,11,24H2,1-4H3. The minimum absolute atomic E-state index is 0.0314. The van der Waals surface area contributed by atoms with Gasteiger partial charge in [-0.2, -0.15) is 0 Å². The van der Waals surface area contributed by atoms with Crippen LogP contribution in [0.15, 0.2) is 127 Å². The van der Waals surface area contributed by atoms with Crippen molar-refractivity contribution in [1.82, 2.24) is 0 Å². The molecule has 0 N–H and O–H groups in total. The molecule has 5 aromatic rings. The first-order chi connectivity index (χ1) is 20.4. The highest BCUT2D eigenvalue weighted by molar-refractivity contribution is 5.82. The number of aryl methyl sites for hydroxylation is 1. The van der Waals surface area contributed by atoms with Gasteiger partial charge < -0.3 is 0 Å². The molecule has 0 saturated carbocycles. The van der Waals surface area contributed by atoms with Crippen molar-refractivity contribution in [1.29, 1.82) is 0 Å². The van der Waals surface area contributed by atoms with Crippen LogP contribution in [0.1, 0.15) is 67.0 Å². The smallest absolute Gasteiger partial charge is 0.0158 e. The maximum atomic E-state index is 2.44. The molecule has 42 heavy (non-hydrogen) atoms. The van der Waals surface area contributed by atoms with Crippen molar-refractivity contribution in [3.05, 3.63) is 160 Å². The van der Waals surface area contributed by atoms with Gasteiger partial charge in [0.25, 0.3) is 0 Å². The number of fused-ring (bicyclic) bond motifs is 3. The molecule has 2 aliphatic carbocycles. The van der Waals surface area contributed by atoms with Crippen molar-refractivity contribution in [2.75, 3.05) is 0 Å². The molecular weight excluding hydrogens is 504 g/mol. The highest BCUT2D eigenvalue weighted by Gasteiger charge is 2.35. The summed E-state index contributed by atoms with van der Waals surface area (Å²) in [7, 11) is 0. The van der Waals surface area contributed by atoms with Crippen molar-refractivity contribution in [3.8, 4) is 33.4 Å². The average molecular weight is 543 g/mol. The zero-order valence-electron chi connectivity index (χ0n) is 25.2. The highest BCUT2D eigenvalue weighted by atomic mass is 14.4. The van der Waals surface area contributed by atoms with Crippen molar-refractivity contribution < 1.29 is 0 Å². The van der Waals surface area contributed by atoms with E-state index in [9.17, 15) is 0 Å². The van der Waals surface area contributed by atoms with Crippen LogP contribution in [0.5, 0.6) is 0 Å². The topological polar surface area (TPSA) is 0 Å². The SMILES string of the molecule is CC1=C(c2ccc(-c3cccc(-c4cccc(Cc5ccc6c(c5)C(C)(C)c5ccccc5-6)c4)c3)cc2C)C=CCC1. The summed E-state index contributed by atoms with van der Waals surface area (Å²) >= 11 is 0. The lowest BCUT2D eigenvalue weighted by Crippen LogP contribution is -2.15. The summed E-state index contributed by atoms with van der Waals surface area (Å²) in [4.78, 5) is 0. The van der Waals surface area contributed by atoms with Gasteiger partial charge in [-0.15, -0.1) is 0 Å². The number of hydrogen-bond donors (Lipinski definition) is 0. The number of allylic oxidation sites excluding steroid dienone is 4. The minimum atomic E-state index is 0.0314. The van der Waals surface area contributed by atoms with E-state index < -0.39 is 0 Å². The number of rotatable bonds is 5. The Balaban J connectivity index is 1.16. The first-order valence-electron chi connectivity index (χ1n) is 15.3. The molecule has 0 nitrogen and oxygen atoms in total. The van der Waals surface area contributed by atoms with Gasteiger partial charge in [-0.05, 0) is 112 Å². The molecular formula is C42H38. The highest BCUT2D eigenvalue weighted by Crippen LogP contribution is 2.48. The second-order valence-electron chi connectivity index (χ2n) is 12.7. The molecule has 0 fully saturated rings. The van der Waals surface area contributed by atoms with E-state index in [-0.39, 0.29) is 5.41 Å². The monoisotopic (exact) mass is 542 g/mol. The van der Waals surface area contributed by atoms with Crippen LogP contribution in [0.25, 0.3) is 39.0 Å². The summed E-state index contributed by atoms with van der Waals surface area (Å²) in [6.45, 7) is 9.23. The molecule has 0 atom stereocenters. The Kier molecular flexibility index (Phi) is 6.59. The Morgan fingerprint density at radius 1 is 0.571 bits per heavy atom. The summed E-state index contributed by atoms with van der Waals surface area (Å²) in [6, 6.07) is 41.0. The van der Waals surface area contributed by atoms with E-state index >= 15 is 0 Å². The van der Waals surface area contributed by atoms with E-state index in [0.717, 1.165) is 19.3 Å². The van der Waals surface area contributed by atoms with E-state index in [1.165, 1.54) is 77.9 Å². The molecule has 0 bridgehead atoms. The summed E-state index contributed by atoms with van der Waals surface area (Å²) in [5.41, 5.74) is 19.0. The van der Waals surface area contributed by atoms with Crippen LogP contribution in [0.3, 0.4) is 0 Å². The predicted molar refractivity (Wildman–Crippen MR) is 180 cm³/mol. The van der Waals surface area contributed by atoms with Crippen LogP contribution >= 0.6 is 0 Å². The van der Waals surface area contributed by atoms with Gasteiger partial charge in [-0.3, -0.25) is 0 Å². The van der Waals surface area contributed by atoms with Crippen LogP contribution in [-0.2, 0) is 11.8 Å². The van der Waals surface area contributed by atoms with Crippen LogP contribution in [0.4, 0.5) is 0 Å². The van der Waals surface area contributed by atoms with E-state index in [1.54, 1.807) is 0 Å². The Bertz CT molecular complexity index is 1890. The van der Waals surface area contributed by atoms with Gasteiger partial charge in [0.05, 0.1) is 0 Å². The first kappa shape index (κ1) is 26.5. The summed E-state index contributed by atoms with van der Waals surface area (Å²) in [5.74, 6) is 0. The Hall–Kier alpha value is -4.42. The van der Waals surface area contributed by atoms with E-state index in [1.807, 2.05) is 0 Å². The van der Waals surface area contributed by atoms with Crippen molar-refractivity contribution in [3.63, 3.8) is 0 Å². The lowest BCUT2D eigenvalue weighted by molar-refractivity contribution is 0.659. The van der Waals surface area contributed by atoms with Gasteiger partial charge in [0.2, 0.25) is 0 Å². The van der Waals surface area contributed by atoms with E-state index in [0.29, 0.717) is 0 Å². The molecule has 0 radical (unpaired) electrons. The largest absolute Gasteiger partial charge is 0.0836 e. The number of benzene rings is 5. The summed E-state index contributed by atoms with van der Waals surface area (Å²) < 4.78 is 0. The van der Waals surface area contributed by atoms with Gasteiger partial charge in [0.15, 0.2) is 0 Å². The molecule has 0 unspecified atom stereocenters. The molecule has 0 heterocycles. The quantitative estimate of drug-likeness (QED) is 0.207. The minimum Gasteiger partial charge on any atom is -0.0836 e. The normalized spacial score (nSPS) is 15.0. The second-order valence-corrected chi connectivity index (χ2v) is 12.7. The molecule has 0 aliphatic heterocycles. The van der Waals surface area contributed by atoms with Crippen LogP contribution in [0.2, 0.25) is 0 Å². The van der Waals surface area contributed by atoms with Gasteiger partial charge in [-0.25, -0.2) is 0 Å². The maximum Gasteiger partial charge on any atom is 0.0158 e. The molecule has 206 valence electrons. The zero-order chi connectivity index (χ0) is 28.8. The van der Waals surface area contributed by atoms with Gasteiger partial charge in [0, 0.05) is 5.41 Å². The fourth-order valence-electron chi connectivity index (χ4n) is 7.08. The Labute approximate surface area is 251 Å². The van der Waals surface area contributed by atoms with Gasteiger partial charge in [0.1, 0.15) is 0 Å². The molecule has 0 saturated heterocycles. The molecule has 5 aromatic carbocycles. The van der Waals surface area contributed by atoms with Crippen molar-refractivity contribution in [2.24, 2.45) is 0 Å². The van der Waals surface area contributed by atoms with E-state index in [4.69, 9.17) is 0 Å². The molecule has 0 amide bonds. The number of hydrogen-bond acceptors (Lipinski definition) is 0. The fourth-order valence-corrected chi connectivity index (χ4v) is 7.08. The first-order valence-corrected chi connectivity index (χ1v) is 15.3. The second kappa shape index (κ2) is 10.4. The van der Waals surface area contributed by atoms with Crippen LogP contribution in [-0.4, -0.2) is 0 Å². The van der Waals surface area contributed by atoms with Gasteiger partial charge in [-0.1, -0.05) is 135 Å². The molecule has 2 aliphatic rings. The molecule has 7 rings (SSSR count). The fraction of sp³-hybridized carbons (Fsp3) is 0.190. The van der Waals surface area contributed by atoms with E-state index in [2.05, 4.69) is 149 Å². The Morgan fingerprint density at radius 3 is 2.02 bits per heavy atom. The third-order valence-electron chi connectivity index (χ3n) is 9.46. The van der Waals surface area contributed by atoms with Crippen molar-refractivity contribution in [2.45, 2.75) is 52.4 Å². The summed E-state index contributed by atoms with van der Waals surface area (Å²) in [5, 5.41) is 0. The predicted octanol–water partition coefficient (Wildman–Crippen LogP) is 11.3. The summed E-state index contributed by atoms with van der Waals surface area (Å²) in [6.07, 6.45) is 7.85. The van der Waals surface area contributed by atoms with Gasteiger partial charge >= 0.3 is 0 Å². The molecule has 0 heteroatoms. The third-order valence-corrected chi connectivity index (χ3v) is 9.46. The zero-order valence-corrected chi connectivity index (χ0v) is 25.2. The van der Waals surface area contributed by atoms with Crippen LogP contribution < -0.4 is 0 Å². The van der Waals surface area contributed by atoms with Crippen LogP contribution in [0, 0.1) is 6.92 Å². The molecule has 0 spiro atoms. The molecule has 0 aromatic heterocycles. The lowest BCUT2D eigenvalue weighted by Gasteiger charge is -2.22. The third kappa shape index (κ3) is 4.66. The lowest BCUT2D eigenvalue weighted by atomic mass is 9.81. The van der Waals surface area contributed by atoms with Crippen molar-refractivity contribution >= 4 is 5.57 Å². The maximum absolute atomic E-state index is 2.44.